The van der Waals surface area contributed by atoms with E-state index in [9.17, 15) is 4.79 Å². The lowest BCUT2D eigenvalue weighted by molar-refractivity contribution is -0.132. The van der Waals surface area contributed by atoms with Crippen LogP contribution in [-0.2, 0) is 4.79 Å². The van der Waals surface area contributed by atoms with Crippen molar-refractivity contribution in [3.05, 3.63) is 0 Å². The van der Waals surface area contributed by atoms with E-state index in [4.69, 9.17) is 0 Å². The molecule has 0 aromatic heterocycles. The number of hydrogen-bond donors (Lipinski definition) is 0. The van der Waals surface area contributed by atoms with Crippen LogP contribution in [0, 0.1) is 17.8 Å². The summed E-state index contributed by atoms with van der Waals surface area (Å²) in [6.45, 7) is 2.27. The summed E-state index contributed by atoms with van der Waals surface area (Å²) in [7, 11) is 2.26. The second-order valence-electron chi connectivity index (χ2n) is 7.18. The molecule has 19 heavy (non-hydrogen) atoms. The number of carbonyl (C=O) groups is 1. The highest BCUT2D eigenvalue weighted by atomic mass is 16.1. The molecular weight excluding hydrogens is 234 g/mol. The van der Waals surface area contributed by atoms with Gasteiger partial charge in [0, 0.05) is 23.9 Å². The van der Waals surface area contributed by atoms with Gasteiger partial charge in [-0.3, -0.25) is 4.79 Å². The molecule has 2 heteroatoms. The summed E-state index contributed by atoms with van der Waals surface area (Å²) in [6.07, 6.45) is 11.3. The van der Waals surface area contributed by atoms with Gasteiger partial charge in [-0.15, -0.1) is 0 Å². The standard InChI is InChI=1S/C17H29NO/c1-3-12-6-4-5-7-16(12)17(19)13-10-14-8-9-15(11-13)18(14)2/h12-16H,3-11H2,1-2H3. The number of carbonyl (C=O) groups excluding carboxylic acids is 1. The molecule has 108 valence electrons. The van der Waals surface area contributed by atoms with Crippen molar-refractivity contribution in [3.8, 4) is 0 Å². The smallest absolute Gasteiger partial charge is 0.139 e. The summed E-state index contributed by atoms with van der Waals surface area (Å²) in [5.41, 5.74) is 0. The fourth-order valence-electron chi connectivity index (χ4n) is 5.02. The second kappa shape index (κ2) is 5.55. The monoisotopic (exact) mass is 263 g/mol. The van der Waals surface area contributed by atoms with Gasteiger partial charge >= 0.3 is 0 Å². The molecule has 1 saturated carbocycles. The van der Waals surface area contributed by atoms with E-state index in [2.05, 4.69) is 18.9 Å². The van der Waals surface area contributed by atoms with Crippen molar-refractivity contribution in [2.75, 3.05) is 7.05 Å². The van der Waals surface area contributed by atoms with Crippen molar-refractivity contribution in [2.45, 2.75) is 76.8 Å². The van der Waals surface area contributed by atoms with Gasteiger partial charge in [-0.1, -0.05) is 26.2 Å². The van der Waals surface area contributed by atoms with E-state index >= 15 is 0 Å². The van der Waals surface area contributed by atoms with Gasteiger partial charge in [0.15, 0.2) is 0 Å². The quantitative estimate of drug-likeness (QED) is 0.774. The minimum Gasteiger partial charge on any atom is -0.300 e. The molecule has 1 aliphatic carbocycles. The number of rotatable bonds is 3. The van der Waals surface area contributed by atoms with E-state index in [1.807, 2.05) is 0 Å². The first-order chi connectivity index (χ1) is 9.20. The molecule has 0 N–H and O–H groups in total. The number of Topliss-reactive ketones (excluding diaryl/α,β-unsaturated/α-hetero) is 1. The van der Waals surface area contributed by atoms with E-state index in [1.165, 1.54) is 44.9 Å². The Morgan fingerprint density at radius 2 is 1.68 bits per heavy atom. The lowest BCUT2D eigenvalue weighted by Crippen LogP contribution is -2.44. The highest BCUT2D eigenvalue weighted by molar-refractivity contribution is 5.84. The van der Waals surface area contributed by atoms with Gasteiger partial charge in [0.05, 0.1) is 0 Å². The maximum absolute atomic E-state index is 12.9. The van der Waals surface area contributed by atoms with Crippen LogP contribution < -0.4 is 0 Å². The summed E-state index contributed by atoms with van der Waals surface area (Å²) in [5, 5.41) is 0. The summed E-state index contributed by atoms with van der Waals surface area (Å²) >= 11 is 0. The Balaban J connectivity index is 1.67. The Morgan fingerprint density at radius 1 is 1.05 bits per heavy atom. The Morgan fingerprint density at radius 3 is 2.32 bits per heavy atom. The lowest BCUT2D eigenvalue weighted by atomic mass is 9.71. The second-order valence-corrected chi connectivity index (χ2v) is 7.18. The fourth-order valence-corrected chi connectivity index (χ4v) is 5.02. The predicted molar refractivity (Wildman–Crippen MR) is 78.0 cm³/mol. The molecule has 0 aromatic carbocycles. The van der Waals surface area contributed by atoms with E-state index in [0.29, 0.717) is 35.6 Å². The SMILES string of the molecule is CCC1CCCCC1C(=O)C1CC2CCC(C1)N2C. The minimum absolute atomic E-state index is 0.394. The molecule has 0 aromatic rings. The summed E-state index contributed by atoms with van der Waals surface area (Å²) in [6, 6.07) is 1.41. The van der Waals surface area contributed by atoms with Crippen molar-refractivity contribution < 1.29 is 4.79 Å². The fraction of sp³-hybridized carbons (Fsp3) is 0.941. The molecule has 2 aliphatic heterocycles. The Labute approximate surface area is 117 Å². The first-order valence-corrected chi connectivity index (χ1v) is 8.46. The molecule has 2 nitrogen and oxygen atoms in total. The van der Waals surface area contributed by atoms with Gasteiger partial charge in [-0.25, -0.2) is 0 Å². The highest BCUT2D eigenvalue weighted by Crippen LogP contribution is 2.42. The zero-order valence-electron chi connectivity index (χ0n) is 12.6. The summed E-state index contributed by atoms with van der Waals surface area (Å²) < 4.78 is 0. The Kier molecular flexibility index (Phi) is 3.98. The van der Waals surface area contributed by atoms with Gasteiger partial charge < -0.3 is 4.90 Å². The number of nitrogens with zero attached hydrogens (tertiary/aromatic N) is 1. The van der Waals surface area contributed by atoms with Crippen LogP contribution in [0.2, 0.25) is 0 Å². The van der Waals surface area contributed by atoms with Crippen LogP contribution in [0.4, 0.5) is 0 Å². The molecule has 0 spiro atoms. The van der Waals surface area contributed by atoms with E-state index in [0.717, 1.165) is 12.8 Å². The molecule has 3 rings (SSSR count). The molecule has 3 fully saturated rings. The molecule has 2 saturated heterocycles. The molecule has 4 atom stereocenters. The predicted octanol–water partition coefficient (Wildman–Crippen LogP) is 3.64. The van der Waals surface area contributed by atoms with Crippen LogP contribution in [0.5, 0.6) is 0 Å². The van der Waals surface area contributed by atoms with Crippen molar-refractivity contribution in [1.29, 1.82) is 0 Å². The maximum atomic E-state index is 12.9. The summed E-state index contributed by atoms with van der Waals surface area (Å²) in [5.74, 6) is 2.15. The number of hydrogen-bond acceptors (Lipinski definition) is 2. The first kappa shape index (κ1) is 13.6. The van der Waals surface area contributed by atoms with Crippen LogP contribution in [-0.4, -0.2) is 29.8 Å². The van der Waals surface area contributed by atoms with Gasteiger partial charge in [0.2, 0.25) is 0 Å². The zero-order chi connectivity index (χ0) is 13.4. The highest BCUT2D eigenvalue weighted by Gasteiger charge is 2.43. The largest absolute Gasteiger partial charge is 0.300 e. The van der Waals surface area contributed by atoms with Gasteiger partial charge in [-0.2, -0.15) is 0 Å². The number of fused-ring (bicyclic) bond motifs is 2. The Hall–Kier alpha value is -0.370. The summed E-state index contributed by atoms with van der Waals surface area (Å²) in [4.78, 5) is 15.5. The third-order valence-electron chi connectivity index (χ3n) is 6.30. The van der Waals surface area contributed by atoms with Crippen LogP contribution >= 0.6 is 0 Å². The topological polar surface area (TPSA) is 20.3 Å². The number of piperidine rings is 1. The third-order valence-corrected chi connectivity index (χ3v) is 6.30. The van der Waals surface area contributed by atoms with E-state index in [1.54, 1.807) is 0 Å². The molecule has 4 unspecified atom stereocenters. The average Bonchev–Trinajstić information content (AvgIpc) is 2.68. The van der Waals surface area contributed by atoms with E-state index in [-0.39, 0.29) is 0 Å². The minimum atomic E-state index is 0.394. The van der Waals surface area contributed by atoms with Crippen LogP contribution in [0.25, 0.3) is 0 Å². The molecular formula is C17H29NO. The van der Waals surface area contributed by atoms with Crippen molar-refractivity contribution in [2.24, 2.45) is 17.8 Å². The Bertz CT molecular complexity index is 326. The van der Waals surface area contributed by atoms with Gasteiger partial charge in [-0.05, 0) is 51.5 Å². The first-order valence-electron chi connectivity index (χ1n) is 8.46. The van der Waals surface area contributed by atoms with Gasteiger partial charge in [0.1, 0.15) is 5.78 Å². The normalized spacial score (nSPS) is 43.4. The van der Waals surface area contributed by atoms with Crippen molar-refractivity contribution >= 4 is 5.78 Å². The zero-order valence-corrected chi connectivity index (χ0v) is 12.6. The molecule has 0 amide bonds. The lowest BCUT2D eigenvalue weighted by Gasteiger charge is -2.39. The van der Waals surface area contributed by atoms with E-state index < -0.39 is 0 Å². The molecule has 2 bridgehead atoms. The molecule has 3 aliphatic rings. The molecule has 2 heterocycles. The average molecular weight is 263 g/mol. The number of ketones is 1. The van der Waals surface area contributed by atoms with Crippen LogP contribution in [0.1, 0.15) is 64.7 Å². The van der Waals surface area contributed by atoms with Gasteiger partial charge in [0.25, 0.3) is 0 Å². The third kappa shape index (κ3) is 2.49. The maximum Gasteiger partial charge on any atom is 0.139 e. The van der Waals surface area contributed by atoms with Crippen LogP contribution in [0.15, 0.2) is 0 Å². The van der Waals surface area contributed by atoms with Crippen molar-refractivity contribution in [1.82, 2.24) is 4.90 Å². The van der Waals surface area contributed by atoms with Crippen LogP contribution in [0.3, 0.4) is 0 Å². The van der Waals surface area contributed by atoms with Crippen molar-refractivity contribution in [3.63, 3.8) is 0 Å². The molecule has 0 radical (unpaired) electrons.